The molecule has 0 aliphatic rings. The van der Waals surface area contributed by atoms with E-state index in [1.54, 1.807) is 31.2 Å². The van der Waals surface area contributed by atoms with Crippen LogP contribution < -0.4 is 5.32 Å². The number of anilines is 1. The van der Waals surface area contributed by atoms with Crippen LogP contribution in [0.5, 0.6) is 0 Å². The molecule has 0 atom stereocenters. The number of rotatable bonds is 6. The lowest BCUT2D eigenvalue weighted by atomic mass is 10.1. The summed E-state index contributed by atoms with van der Waals surface area (Å²) in [5, 5.41) is 17.8. The Morgan fingerprint density at radius 1 is 1.23 bits per heavy atom. The standard InChI is InChI=1S/C20H16ClN3O6/c1-3-29-20(26)16-17(12-4-7-14(21)8-5-12)23-30-19(16)22-18(25)13-6-9-15(24(27)28)11(2)10-13/h4-10H,3H2,1-2H3,(H,22,25). The van der Waals surface area contributed by atoms with E-state index in [4.69, 9.17) is 20.9 Å². The monoisotopic (exact) mass is 429 g/mol. The van der Waals surface area contributed by atoms with Crippen molar-refractivity contribution in [3.05, 3.63) is 74.3 Å². The van der Waals surface area contributed by atoms with E-state index >= 15 is 0 Å². The van der Waals surface area contributed by atoms with Crippen LogP contribution in [0.3, 0.4) is 0 Å². The van der Waals surface area contributed by atoms with Gasteiger partial charge in [-0.3, -0.25) is 20.2 Å². The summed E-state index contributed by atoms with van der Waals surface area (Å²) in [6.07, 6.45) is 0. The molecule has 10 heteroatoms. The number of benzene rings is 2. The number of nitrogens with one attached hydrogen (secondary N) is 1. The number of hydrogen-bond acceptors (Lipinski definition) is 7. The van der Waals surface area contributed by atoms with Crippen LogP contribution >= 0.6 is 11.6 Å². The van der Waals surface area contributed by atoms with Crippen LogP contribution in [0.25, 0.3) is 11.3 Å². The van der Waals surface area contributed by atoms with Gasteiger partial charge in [0.05, 0.1) is 11.5 Å². The van der Waals surface area contributed by atoms with E-state index in [0.717, 1.165) is 0 Å². The van der Waals surface area contributed by atoms with Crippen LogP contribution in [0.4, 0.5) is 11.6 Å². The number of nitro groups is 1. The second-order valence-electron chi connectivity index (χ2n) is 6.18. The smallest absolute Gasteiger partial charge is 0.346 e. The highest BCUT2D eigenvalue weighted by Crippen LogP contribution is 2.31. The number of esters is 1. The molecule has 0 spiro atoms. The van der Waals surface area contributed by atoms with Crippen LogP contribution in [0.2, 0.25) is 5.02 Å². The molecule has 3 rings (SSSR count). The van der Waals surface area contributed by atoms with Gasteiger partial charge >= 0.3 is 5.97 Å². The fraction of sp³-hybridized carbons (Fsp3) is 0.150. The van der Waals surface area contributed by atoms with Crippen molar-refractivity contribution in [2.75, 3.05) is 11.9 Å². The van der Waals surface area contributed by atoms with Crippen LogP contribution in [0.1, 0.15) is 33.2 Å². The Morgan fingerprint density at radius 2 is 1.93 bits per heavy atom. The van der Waals surface area contributed by atoms with Gasteiger partial charge in [-0.1, -0.05) is 28.9 Å². The van der Waals surface area contributed by atoms with Crippen LogP contribution in [0.15, 0.2) is 47.0 Å². The molecule has 0 unspecified atom stereocenters. The maximum absolute atomic E-state index is 12.6. The minimum atomic E-state index is -0.723. The summed E-state index contributed by atoms with van der Waals surface area (Å²) >= 11 is 5.90. The highest BCUT2D eigenvalue weighted by atomic mass is 35.5. The van der Waals surface area contributed by atoms with Gasteiger partial charge in [-0.2, -0.15) is 0 Å². The van der Waals surface area contributed by atoms with Crippen molar-refractivity contribution in [2.24, 2.45) is 0 Å². The highest BCUT2D eigenvalue weighted by Gasteiger charge is 2.27. The molecule has 0 fully saturated rings. The van der Waals surface area contributed by atoms with E-state index in [9.17, 15) is 19.7 Å². The molecule has 154 valence electrons. The van der Waals surface area contributed by atoms with Gasteiger partial charge in [0.25, 0.3) is 11.6 Å². The first-order valence-electron chi connectivity index (χ1n) is 8.81. The molecule has 1 aromatic heterocycles. The fourth-order valence-corrected chi connectivity index (χ4v) is 2.88. The Kier molecular flexibility index (Phi) is 6.12. The molecule has 30 heavy (non-hydrogen) atoms. The number of nitro benzene ring substituents is 1. The molecule has 1 heterocycles. The molecule has 0 saturated heterocycles. The molecule has 0 bridgehead atoms. The maximum atomic E-state index is 12.6. The van der Waals surface area contributed by atoms with E-state index in [2.05, 4.69) is 10.5 Å². The third kappa shape index (κ3) is 4.31. The van der Waals surface area contributed by atoms with Crippen molar-refractivity contribution in [3.8, 4) is 11.3 Å². The lowest BCUT2D eigenvalue weighted by Gasteiger charge is -2.06. The Labute approximate surface area is 175 Å². The molecule has 1 amide bonds. The first-order chi connectivity index (χ1) is 14.3. The first-order valence-corrected chi connectivity index (χ1v) is 9.18. The first kappa shape index (κ1) is 21.0. The van der Waals surface area contributed by atoms with Gasteiger partial charge in [-0.05, 0) is 38.1 Å². The number of nitrogens with zero attached hydrogens (tertiary/aromatic N) is 2. The molecule has 3 aromatic rings. The van der Waals surface area contributed by atoms with E-state index < -0.39 is 16.8 Å². The second kappa shape index (κ2) is 8.75. The zero-order chi connectivity index (χ0) is 21.8. The van der Waals surface area contributed by atoms with E-state index in [0.29, 0.717) is 16.1 Å². The number of aromatic nitrogens is 1. The third-order valence-corrected chi connectivity index (χ3v) is 4.42. The van der Waals surface area contributed by atoms with E-state index in [1.165, 1.54) is 25.1 Å². The summed E-state index contributed by atoms with van der Waals surface area (Å²) < 4.78 is 10.3. The molecule has 1 N–H and O–H groups in total. The largest absolute Gasteiger partial charge is 0.462 e. The molecular formula is C20H16ClN3O6. The lowest BCUT2D eigenvalue weighted by molar-refractivity contribution is -0.385. The minimum Gasteiger partial charge on any atom is -0.462 e. The van der Waals surface area contributed by atoms with Gasteiger partial charge in [-0.25, -0.2) is 4.79 Å². The van der Waals surface area contributed by atoms with Crippen LogP contribution in [-0.4, -0.2) is 28.6 Å². The van der Waals surface area contributed by atoms with Gasteiger partial charge in [-0.15, -0.1) is 0 Å². The van der Waals surface area contributed by atoms with Gasteiger partial charge in [0.1, 0.15) is 5.69 Å². The van der Waals surface area contributed by atoms with Gasteiger partial charge < -0.3 is 9.26 Å². The SMILES string of the molecule is CCOC(=O)c1c(-c2ccc(Cl)cc2)noc1NC(=O)c1ccc([N+](=O)[O-])c(C)c1. The average molecular weight is 430 g/mol. The Hall–Kier alpha value is -3.72. The number of amides is 1. The van der Waals surface area contributed by atoms with Crippen molar-refractivity contribution < 1.29 is 23.8 Å². The number of carbonyl (C=O) groups excluding carboxylic acids is 2. The normalized spacial score (nSPS) is 10.5. The quantitative estimate of drug-likeness (QED) is 0.343. The van der Waals surface area contributed by atoms with Crippen molar-refractivity contribution in [1.82, 2.24) is 5.16 Å². The van der Waals surface area contributed by atoms with Crippen LogP contribution in [0, 0.1) is 17.0 Å². The Bertz CT molecular complexity index is 1120. The molecule has 0 aliphatic heterocycles. The van der Waals surface area contributed by atoms with Gasteiger partial charge in [0.2, 0.25) is 5.88 Å². The van der Waals surface area contributed by atoms with E-state index in [-0.39, 0.29) is 35.0 Å². The average Bonchev–Trinajstić information content (AvgIpc) is 3.11. The zero-order valence-corrected chi connectivity index (χ0v) is 16.7. The molecule has 9 nitrogen and oxygen atoms in total. The van der Waals surface area contributed by atoms with Crippen molar-refractivity contribution in [1.29, 1.82) is 0 Å². The van der Waals surface area contributed by atoms with Gasteiger partial charge in [0, 0.05) is 27.8 Å². The molecule has 0 saturated carbocycles. The Balaban J connectivity index is 1.96. The van der Waals surface area contributed by atoms with Crippen LogP contribution in [-0.2, 0) is 4.74 Å². The number of hydrogen-bond donors (Lipinski definition) is 1. The third-order valence-electron chi connectivity index (χ3n) is 4.17. The predicted octanol–water partition coefficient (Wildman–Crippen LogP) is 4.64. The minimum absolute atomic E-state index is 0.0499. The summed E-state index contributed by atoms with van der Waals surface area (Å²) in [7, 11) is 0. The fourth-order valence-electron chi connectivity index (χ4n) is 2.75. The number of ether oxygens (including phenoxy) is 1. The Morgan fingerprint density at radius 3 is 2.53 bits per heavy atom. The summed E-state index contributed by atoms with van der Waals surface area (Å²) in [5.41, 5.74) is 1.03. The predicted molar refractivity (Wildman–Crippen MR) is 109 cm³/mol. The van der Waals surface area contributed by atoms with Crippen molar-refractivity contribution >= 4 is 35.0 Å². The zero-order valence-electron chi connectivity index (χ0n) is 16.0. The molecular weight excluding hydrogens is 414 g/mol. The van der Waals surface area contributed by atoms with Crippen molar-refractivity contribution in [2.45, 2.75) is 13.8 Å². The summed E-state index contributed by atoms with van der Waals surface area (Å²) in [4.78, 5) is 35.6. The second-order valence-corrected chi connectivity index (χ2v) is 6.61. The number of halogens is 1. The molecule has 0 radical (unpaired) electrons. The number of aryl methyl sites for hydroxylation is 1. The maximum Gasteiger partial charge on any atom is 0.346 e. The van der Waals surface area contributed by atoms with E-state index in [1.807, 2.05) is 0 Å². The van der Waals surface area contributed by atoms with Gasteiger partial charge in [0.15, 0.2) is 5.56 Å². The summed E-state index contributed by atoms with van der Waals surface area (Å²) in [6.45, 7) is 3.27. The topological polar surface area (TPSA) is 125 Å². The molecule has 2 aromatic carbocycles. The van der Waals surface area contributed by atoms with Crippen molar-refractivity contribution in [3.63, 3.8) is 0 Å². The summed E-state index contributed by atoms with van der Waals surface area (Å²) in [5.74, 6) is -1.55. The lowest BCUT2D eigenvalue weighted by Crippen LogP contribution is -2.15. The number of carbonyl (C=O) groups is 2. The highest BCUT2D eigenvalue weighted by molar-refractivity contribution is 6.30. The summed E-state index contributed by atoms with van der Waals surface area (Å²) in [6, 6.07) is 10.4. The molecule has 0 aliphatic carbocycles.